The summed E-state index contributed by atoms with van der Waals surface area (Å²) in [5.74, 6) is 0.417. The number of nitrogens with two attached hydrogens (primary N) is 1. The molecule has 2 aliphatic heterocycles. The Hall–Kier alpha value is -4.31. The predicted molar refractivity (Wildman–Crippen MR) is 131 cm³/mol. The van der Waals surface area contributed by atoms with Crippen LogP contribution in [-0.4, -0.2) is 37.2 Å². The molecular formula is C25H21BF2N6O+. The van der Waals surface area contributed by atoms with E-state index >= 15 is 0 Å². The summed E-state index contributed by atoms with van der Waals surface area (Å²) < 4.78 is 33.2. The number of benzene rings is 2. The van der Waals surface area contributed by atoms with Gasteiger partial charge >= 0.3 is 7.55 Å². The monoisotopic (exact) mass is 470 g/mol. The zero-order chi connectivity index (χ0) is 24.1. The average molecular weight is 470 g/mol. The fourth-order valence-electron chi connectivity index (χ4n) is 4.48. The molecular weight excluding hydrogens is 449 g/mol. The van der Waals surface area contributed by atoms with Gasteiger partial charge in [-0.05, 0) is 53.6 Å². The molecule has 2 aromatic heterocycles. The van der Waals surface area contributed by atoms with Crippen molar-refractivity contribution in [2.24, 2.45) is 0 Å². The third-order valence-corrected chi connectivity index (χ3v) is 6.12. The minimum absolute atomic E-state index is 0.0624. The van der Waals surface area contributed by atoms with Crippen LogP contribution < -0.4 is 11.1 Å². The zero-order valence-corrected chi connectivity index (χ0v) is 18.5. The van der Waals surface area contributed by atoms with Crippen LogP contribution in [0, 0.1) is 11.6 Å². The van der Waals surface area contributed by atoms with Gasteiger partial charge in [0.15, 0.2) is 0 Å². The van der Waals surface area contributed by atoms with Crippen LogP contribution in [0.4, 0.5) is 20.3 Å². The number of H-pyrrole nitrogens is 1. The van der Waals surface area contributed by atoms with E-state index in [0.29, 0.717) is 11.3 Å². The smallest absolute Gasteiger partial charge is 0.399 e. The highest BCUT2D eigenvalue weighted by Gasteiger charge is 2.36. The van der Waals surface area contributed by atoms with Gasteiger partial charge in [0.05, 0.1) is 12.4 Å². The highest BCUT2D eigenvalue weighted by atomic mass is 19.1. The standard InChI is InChI=1S/C25H21BF2N6O/c27-17-9-15(10-18(28)11-17)12-30-23-7-5-21-25(16-1-3-19(29)4-2-16)22-6-8-24(34(22)26-33(21)23)32-13-20(14-35)31-32/h1-11,13,30-31,35H,12,14,29H2/q+1. The molecule has 0 amide bonds. The van der Waals surface area contributed by atoms with E-state index in [9.17, 15) is 13.9 Å². The molecule has 0 fully saturated rings. The Morgan fingerprint density at radius 2 is 1.77 bits per heavy atom. The van der Waals surface area contributed by atoms with Gasteiger partial charge in [0.25, 0.3) is 5.84 Å². The molecule has 5 N–H and O–H groups in total. The number of aliphatic hydroxyl groups excluding tert-OH is 1. The molecule has 1 radical (unpaired) electrons. The van der Waals surface area contributed by atoms with Crippen LogP contribution in [0.15, 0.2) is 78.6 Å². The Kier molecular flexibility index (Phi) is 4.96. The fraction of sp³-hybridized carbons (Fsp3) is 0.0800. The molecule has 0 unspecified atom stereocenters. The SMILES string of the molecule is Nc1ccc(C2=C3C=CC(n4cc(CO)[nH]4)=[N+]3[B]n3c(NCc4cc(F)cc(F)c4)ccc32)cc1. The molecule has 4 aromatic rings. The van der Waals surface area contributed by atoms with Gasteiger partial charge in [0.2, 0.25) is 0 Å². The first-order chi connectivity index (χ1) is 17.0. The molecule has 0 aliphatic carbocycles. The molecule has 0 saturated carbocycles. The summed E-state index contributed by atoms with van der Waals surface area (Å²) in [5.41, 5.74) is 11.8. The lowest BCUT2D eigenvalue weighted by Crippen LogP contribution is -2.36. The summed E-state index contributed by atoms with van der Waals surface area (Å²) in [7, 11) is 1.96. The van der Waals surface area contributed by atoms with Crippen molar-refractivity contribution in [3.05, 3.63) is 113 Å². The molecule has 4 heterocycles. The lowest BCUT2D eigenvalue weighted by molar-refractivity contribution is -0.316. The number of allylic oxidation sites excluding steroid dienone is 2. The van der Waals surface area contributed by atoms with Gasteiger partial charge in [-0.15, -0.1) is 4.68 Å². The number of fused-ring (bicyclic) bond motifs is 2. The lowest BCUT2D eigenvalue weighted by atomic mass is 9.92. The van der Waals surface area contributed by atoms with E-state index < -0.39 is 11.6 Å². The molecule has 7 nitrogen and oxygen atoms in total. The number of nitrogens with zero attached hydrogens (tertiary/aromatic N) is 3. The van der Waals surface area contributed by atoms with E-state index in [1.165, 1.54) is 12.1 Å². The van der Waals surface area contributed by atoms with Gasteiger partial charge in [0.1, 0.15) is 29.2 Å². The highest BCUT2D eigenvalue weighted by Crippen LogP contribution is 2.36. The van der Waals surface area contributed by atoms with E-state index in [1.807, 2.05) is 75.9 Å². The quantitative estimate of drug-likeness (QED) is 0.267. The average Bonchev–Trinajstić information content (AvgIpc) is 3.40. The largest absolute Gasteiger partial charge is 0.553 e. The second-order valence-electron chi connectivity index (χ2n) is 8.46. The number of aromatic amines is 1. The maximum atomic E-state index is 13.7. The number of nitrogen functional groups attached to an aromatic ring is 1. The van der Waals surface area contributed by atoms with Gasteiger partial charge in [-0.2, -0.15) is 0 Å². The van der Waals surface area contributed by atoms with Crippen molar-refractivity contribution in [2.45, 2.75) is 13.2 Å². The molecule has 2 aliphatic rings. The number of rotatable bonds is 5. The van der Waals surface area contributed by atoms with Crippen molar-refractivity contribution < 1.29 is 18.4 Å². The van der Waals surface area contributed by atoms with E-state index in [1.54, 1.807) is 0 Å². The van der Waals surface area contributed by atoms with Crippen LogP contribution in [0.5, 0.6) is 0 Å². The molecule has 2 aromatic carbocycles. The zero-order valence-electron chi connectivity index (χ0n) is 18.5. The molecule has 0 spiro atoms. The maximum absolute atomic E-state index is 13.7. The summed E-state index contributed by atoms with van der Waals surface area (Å²) in [4.78, 5) is 0. The summed E-state index contributed by atoms with van der Waals surface area (Å²) in [6, 6.07) is 15.1. The number of aliphatic hydroxyl groups is 1. The second kappa shape index (κ2) is 8.17. The van der Waals surface area contributed by atoms with Crippen LogP contribution in [0.2, 0.25) is 0 Å². The summed E-state index contributed by atoms with van der Waals surface area (Å²) in [6.07, 6.45) is 5.88. The Balaban J connectivity index is 1.43. The van der Waals surface area contributed by atoms with E-state index in [-0.39, 0.29) is 13.2 Å². The van der Waals surface area contributed by atoms with Gasteiger partial charge in [0, 0.05) is 35.6 Å². The molecule has 173 valence electrons. The summed E-state index contributed by atoms with van der Waals surface area (Å²) in [6.45, 7) is 0.192. The molecule has 10 heteroatoms. The first-order valence-corrected chi connectivity index (χ1v) is 11.1. The molecule has 6 rings (SSSR count). The first kappa shape index (κ1) is 21.2. The van der Waals surface area contributed by atoms with E-state index in [2.05, 4.69) is 10.4 Å². The molecule has 0 bridgehead atoms. The number of anilines is 2. The number of nitrogens with one attached hydrogen (secondary N) is 2. The Bertz CT molecular complexity index is 1510. The van der Waals surface area contributed by atoms with Gasteiger partial charge in [-0.25, -0.2) is 13.9 Å². The predicted octanol–water partition coefficient (Wildman–Crippen LogP) is 3.27. The van der Waals surface area contributed by atoms with Gasteiger partial charge < -0.3 is 20.6 Å². The normalized spacial score (nSPS) is 14.4. The summed E-state index contributed by atoms with van der Waals surface area (Å²) >= 11 is 0. The van der Waals surface area contributed by atoms with Gasteiger partial charge in [-0.3, -0.25) is 4.49 Å². The third-order valence-electron chi connectivity index (χ3n) is 6.12. The Labute approximate surface area is 200 Å². The number of hydrogen-bond donors (Lipinski definition) is 4. The minimum Gasteiger partial charge on any atom is -0.399 e. The van der Waals surface area contributed by atoms with Crippen LogP contribution >= 0.6 is 0 Å². The van der Waals surface area contributed by atoms with Crippen molar-refractivity contribution in [1.29, 1.82) is 0 Å². The van der Waals surface area contributed by atoms with Gasteiger partial charge in [-0.1, -0.05) is 12.1 Å². The van der Waals surface area contributed by atoms with Crippen LogP contribution in [-0.2, 0) is 13.2 Å². The topological polar surface area (TPSA) is 86.9 Å². The number of halogens is 2. The lowest BCUT2D eigenvalue weighted by Gasteiger charge is -2.23. The Morgan fingerprint density at radius 1 is 1.03 bits per heavy atom. The van der Waals surface area contributed by atoms with Crippen molar-refractivity contribution in [2.75, 3.05) is 11.1 Å². The first-order valence-electron chi connectivity index (χ1n) is 11.1. The molecule has 0 atom stereocenters. The van der Waals surface area contributed by atoms with Crippen LogP contribution in [0.1, 0.15) is 22.5 Å². The highest BCUT2D eigenvalue weighted by molar-refractivity contribution is 6.30. The number of hydrogen-bond acceptors (Lipinski definition) is 3. The fourth-order valence-corrected chi connectivity index (χ4v) is 4.48. The van der Waals surface area contributed by atoms with E-state index in [0.717, 1.165) is 45.9 Å². The van der Waals surface area contributed by atoms with Crippen molar-refractivity contribution in [1.82, 2.24) is 14.3 Å². The number of aromatic nitrogens is 3. The summed E-state index contributed by atoms with van der Waals surface area (Å²) in [5, 5.41) is 15.7. The van der Waals surface area contributed by atoms with Crippen molar-refractivity contribution in [3.63, 3.8) is 0 Å². The molecule has 35 heavy (non-hydrogen) atoms. The second-order valence-corrected chi connectivity index (χ2v) is 8.46. The van der Waals surface area contributed by atoms with Crippen molar-refractivity contribution in [3.8, 4) is 0 Å². The third kappa shape index (κ3) is 3.68. The molecule has 0 saturated heterocycles. The van der Waals surface area contributed by atoms with Crippen molar-refractivity contribution >= 4 is 30.5 Å². The maximum Gasteiger partial charge on any atom is 0.553 e. The Morgan fingerprint density at radius 3 is 2.49 bits per heavy atom. The minimum atomic E-state index is -0.608. The van der Waals surface area contributed by atoms with E-state index in [4.69, 9.17) is 5.73 Å². The van der Waals surface area contributed by atoms with Crippen LogP contribution in [0.25, 0.3) is 5.57 Å². The van der Waals surface area contributed by atoms with Crippen LogP contribution in [0.3, 0.4) is 0 Å².